The Morgan fingerprint density at radius 1 is 1.17 bits per heavy atom. The third kappa shape index (κ3) is 3.95. The molecule has 29 heavy (non-hydrogen) atoms. The molecule has 1 aliphatic heterocycles. The number of H-pyrrole nitrogens is 2. The Bertz CT molecular complexity index is 1160. The van der Waals surface area contributed by atoms with Crippen molar-refractivity contribution in [3.8, 4) is 0 Å². The number of carbonyl (C=O) groups excluding carboxylic acids is 1. The topological polar surface area (TPSA) is 120 Å². The van der Waals surface area contributed by atoms with E-state index in [-0.39, 0.29) is 11.4 Å². The Balaban J connectivity index is 1.39. The molecule has 154 valence electrons. The van der Waals surface area contributed by atoms with Gasteiger partial charge in [0.05, 0.1) is 5.69 Å². The van der Waals surface area contributed by atoms with Gasteiger partial charge < -0.3 is 14.8 Å². The highest BCUT2D eigenvalue weighted by Crippen LogP contribution is 2.21. The molecule has 4 rings (SSSR count). The van der Waals surface area contributed by atoms with Crippen LogP contribution in [-0.4, -0.2) is 61.5 Å². The molecule has 0 aliphatic carbocycles. The number of fused-ring (bicyclic) bond motifs is 1. The number of amides is 1. The number of nitrogens with zero attached hydrogens (tertiary/aromatic N) is 5. The molecule has 3 aromatic rings. The second kappa shape index (κ2) is 7.82. The van der Waals surface area contributed by atoms with Crippen molar-refractivity contribution in [3.63, 3.8) is 0 Å². The van der Waals surface area contributed by atoms with Gasteiger partial charge in [-0.05, 0) is 13.3 Å². The van der Waals surface area contributed by atoms with Crippen LogP contribution in [0.2, 0.25) is 0 Å². The molecule has 10 nitrogen and oxygen atoms in total. The fourth-order valence-corrected chi connectivity index (χ4v) is 4.36. The molecule has 1 saturated heterocycles. The predicted octanol–water partition coefficient (Wildman–Crippen LogP) is 0.386. The monoisotopic (exact) mass is 417 g/mol. The van der Waals surface area contributed by atoms with Crippen molar-refractivity contribution >= 4 is 33.5 Å². The minimum Gasteiger partial charge on any atom is -0.346 e. The molecule has 1 fully saturated rings. The number of anilines is 1. The summed E-state index contributed by atoms with van der Waals surface area (Å²) >= 11 is 1.63. The van der Waals surface area contributed by atoms with Crippen LogP contribution < -0.4 is 16.1 Å². The SMILES string of the molecule is Cc1csc(N2CCCN(C(=O)CCc3nc4c([nH]3)c(=O)[nH]c(=O)n4C)CC2)n1. The zero-order chi connectivity index (χ0) is 20.5. The maximum absolute atomic E-state index is 12.7. The summed E-state index contributed by atoms with van der Waals surface area (Å²) in [6, 6.07) is 0. The number of imidazole rings is 1. The molecule has 1 amide bonds. The Morgan fingerprint density at radius 3 is 2.76 bits per heavy atom. The lowest BCUT2D eigenvalue weighted by molar-refractivity contribution is -0.130. The van der Waals surface area contributed by atoms with Crippen LogP contribution in [0.4, 0.5) is 5.13 Å². The number of carbonyl (C=O) groups is 1. The first-order valence-electron chi connectivity index (χ1n) is 9.55. The van der Waals surface area contributed by atoms with Gasteiger partial charge in [0.25, 0.3) is 5.56 Å². The molecule has 2 N–H and O–H groups in total. The van der Waals surface area contributed by atoms with Crippen LogP contribution >= 0.6 is 11.3 Å². The van der Waals surface area contributed by atoms with Gasteiger partial charge in [-0.25, -0.2) is 14.8 Å². The fourth-order valence-electron chi connectivity index (χ4n) is 3.50. The molecule has 11 heteroatoms. The van der Waals surface area contributed by atoms with Gasteiger partial charge in [0, 0.05) is 51.4 Å². The first-order valence-corrected chi connectivity index (χ1v) is 10.4. The summed E-state index contributed by atoms with van der Waals surface area (Å²) < 4.78 is 1.28. The van der Waals surface area contributed by atoms with E-state index in [2.05, 4.69) is 24.8 Å². The smallest absolute Gasteiger partial charge is 0.329 e. The molecular weight excluding hydrogens is 394 g/mol. The van der Waals surface area contributed by atoms with E-state index >= 15 is 0 Å². The average Bonchev–Trinajstić information content (AvgIpc) is 3.24. The number of aromatic amines is 2. The van der Waals surface area contributed by atoms with Gasteiger partial charge in [-0.2, -0.15) is 0 Å². The van der Waals surface area contributed by atoms with Crippen molar-refractivity contribution in [2.75, 3.05) is 31.1 Å². The molecule has 0 unspecified atom stereocenters. The van der Waals surface area contributed by atoms with E-state index in [1.54, 1.807) is 18.4 Å². The molecule has 0 bridgehead atoms. The van der Waals surface area contributed by atoms with Crippen molar-refractivity contribution in [1.82, 2.24) is 29.4 Å². The number of hydrogen-bond acceptors (Lipinski definition) is 7. The van der Waals surface area contributed by atoms with Gasteiger partial charge in [0.15, 0.2) is 10.8 Å². The van der Waals surface area contributed by atoms with Gasteiger partial charge in [0.1, 0.15) is 11.3 Å². The summed E-state index contributed by atoms with van der Waals surface area (Å²) in [5, 5.41) is 3.05. The van der Waals surface area contributed by atoms with E-state index in [1.165, 1.54) is 4.57 Å². The van der Waals surface area contributed by atoms with Crippen LogP contribution in [0.15, 0.2) is 15.0 Å². The third-order valence-corrected chi connectivity index (χ3v) is 6.12. The largest absolute Gasteiger partial charge is 0.346 e. The molecular formula is C18H23N7O3S. The maximum atomic E-state index is 12.7. The van der Waals surface area contributed by atoms with Crippen molar-refractivity contribution < 1.29 is 4.79 Å². The van der Waals surface area contributed by atoms with Crippen LogP contribution in [0.5, 0.6) is 0 Å². The number of rotatable bonds is 4. The van der Waals surface area contributed by atoms with Gasteiger partial charge in [-0.3, -0.25) is 19.1 Å². The van der Waals surface area contributed by atoms with Crippen LogP contribution in [0, 0.1) is 6.92 Å². The minimum atomic E-state index is -0.513. The van der Waals surface area contributed by atoms with Gasteiger partial charge in [0.2, 0.25) is 5.91 Å². The quantitative estimate of drug-likeness (QED) is 0.634. The van der Waals surface area contributed by atoms with E-state index in [0.717, 1.165) is 30.3 Å². The molecule has 3 aromatic heterocycles. The molecule has 0 saturated carbocycles. The molecule has 0 radical (unpaired) electrons. The van der Waals surface area contributed by atoms with E-state index < -0.39 is 11.2 Å². The Kier molecular flexibility index (Phi) is 5.22. The number of thiazole rings is 1. The summed E-state index contributed by atoms with van der Waals surface area (Å²) in [6.45, 7) is 5.01. The van der Waals surface area contributed by atoms with Crippen molar-refractivity contribution in [2.24, 2.45) is 7.05 Å². The second-order valence-electron chi connectivity index (χ2n) is 7.19. The Labute approximate surface area is 170 Å². The first-order chi connectivity index (χ1) is 13.9. The Morgan fingerprint density at radius 2 is 2.00 bits per heavy atom. The van der Waals surface area contributed by atoms with Gasteiger partial charge in [-0.15, -0.1) is 11.3 Å². The Hall–Kier alpha value is -2.95. The zero-order valence-corrected chi connectivity index (χ0v) is 17.2. The van der Waals surface area contributed by atoms with Gasteiger partial charge >= 0.3 is 5.69 Å². The maximum Gasteiger partial charge on any atom is 0.329 e. The van der Waals surface area contributed by atoms with E-state index in [9.17, 15) is 14.4 Å². The summed E-state index contributed by atoms with van der Waals surface area (Å²) in [6.07, 6.45) is 1.57. The molecule has 0 atom stereocenters. The highest BCUT2D eigenvalue weighted by Gasteiger charge is 2.21. The van der Waals surface area contributed by atoms with E-state index in [4.69, 9.17) is 0 Å². The fraction of sp³-hybridized carbons (Fsp3) is 0.500. The van der Waals surface area contributed by atoms with Crippen molar-refractivity contribution in [2.45, 2.75) is 26.2 Å². The normalized spacial score (nSPS) is 15.1. The predicted molar refractivity (Wildman–Crippen MR) is 111 cm³/mol. The lowest BCUT2D eigenvalue weighted by Crippen LogP contribution is -2.35. The van der Waals surface area contributed by atoms with Crippen molar-refractivity contribution in [1.29, 1.82) is 0 Å². The minimum absolute atomic E-state index is 0.0606. The van der Waals surface area contributed by atoms with Gasteiger partial charge in [-0.1, -0.05) is 0 Å². The summed E-state index contributed by atoms with van der Waals surface area (Å²) in [7, 11) is 1.54. The highest BCUT2D eigenvalue weighted by molar-refractivity contribution is 7.13. The lowest BCUT2D eigenvalue weighted by Gasteiger charge is -2.21. The molecule has 4 heterocycles. The number of aryl methyl sites for hydroxylation is 3. The average molecular weight is 417 g/mol. The lowest BCUT2D eigenvalue weighted by atomic mass is 10.2. The molecule has 0 spiro atoms. The second-order valence-corrected chi connectivity index (χ2v) is 8.03. The molecule has 1 aliphatic rings. The summed E-state index contributed by atoms with van der Waals surface area (Å²) in [5.41, 5.74) is 0.549. The number of nitrogens with one attached hydrogen (secondary N) is 2. The standard InChI is InChI=1S/C18H23N7O3S/c1-11-10-29-18(19-11)25-7-3-6-24(8-9-25)13(26)5-4-12-20-14-15(21-12)23(2)17(28)22-16(14)27/h10H,3-9H2,1-2H3,(H,20,21)(H,22,27,28). The van der Waals surface area contributed by atoms with Crippen molar-refractivity contribution in [3.05, 3.63) is 37.7 Å². The van der Waals surface area contributed by atoms with E-state index in [0.29, 0.717) is 37.4 Å². The van der Waals surface area contributed by atoms with Crippen LogP contribution in [-0.2, 0) is 18.3 Å². The summed E-state index contributed by atoms with van der Waals surface area (Å²) in [4.78, 5) is 54.4. The van der Waals surface area contributed by atoms with Crippen LogP contribution in [0.1, 0.15) is 24.4 Å². The van der Waals surface area contributed by atoms with E-state index in [1.807, 2.05) is 17.2 Å². The highest BCUT2D eigenvalue weighted by atomic mass is 32.1. The van der Waals surface area contributed by atoms with Crippen LogP contribution in [0.25, 0.3) is 11.2 Å². The first kappa shape index (κ1) is 19.4. The number of aromatic nitrogens is 5. The number of hydrogen-bond donors (Lipinski definition) is 2. The van der Waals surface area contributed by atoms with Crippen LogP contribution in [0.3, 0.4) is 0 Å². The molecule has 0 aromatic carbocycles. The zero-order valence-electron chi connectivity index (χ0n) is 16.4. The summed E-state index contributed by atoms with van der Waals surface area (Å²) in [5.74, 6) is 0.584. The third-order valence-electron chi connectivity index (χ3n) is 5.11.